The van der Waals surface area contributed by atoms with Crippen molar-refractivity contribution in [3.8, 4) is 0 Å². The molecule has 2 N–H and O–H groups in total. The van der Waals surface area contributed by atoms with Gasteiger partial charge in [0, 0.05) is 13.2 Å². The van der Waals surface area contributed by atoms with Crippen molar-refractivity contribution in [3.05, 3.63) is 0 Å². The van der Waals surface area contributed by atoms with Crippen molar-refractivity contribution in [2.45, 2.75) is 58.1 Å². The van der Waals surface area contributed by atoms with Gasteiger partial charge in [0.2, 0.25) is 0 Å². The largest absolute Gasteiger partial charge is 0.379 e. The summed E-state index contributed by atoms with van der Waals surface area (Å²) in [4.78, 5) is 0. The molecular formula is C10H23NO. The highest BCUT2D eigenvalue weighted by molar-refractivity contribution is 4.69. The van der Waals surface area contributed by atoms with Gasteiger partial charge in [0.25, 0.3) is 0 Å². The molecule has 0 aliphatic heterocycles. The van der Waals surface area contributed by atoms with Crippen molar-refractivity contribution in [3.63, 3.8) is 0 Å². The molecule has 0 rings (SSSR count). The highest BCUT2D eigenvalue weighted by Crippen LogP contribution is 2.17. The van der Waals surface area contributed by atoms with Gasteiger partial charge in [0.15, 0.2) is 0 Å². The van der Waals surface area contributed by atoms with Gasteiger partial charge in [0.1, 0.15) is 0 Å². The number of rotatable bonds is 6. The third-order valence-electron chi connectivity index (χ3n) is 2.43. The SMILES string of the molecule is CCC(N)CCCC(C)(C)OC. The second-order valence-corrected chi connectivity index (χ2v) is 4.02. The van der Waals surface area contributed by atoms with Crippen LogP contribution >= 0.6 is 0 Å². The third kappa shape index (κ3) is 5.56. The molecule has 1 atom stereocenters. The molecule has 0 saturated carbocycles. The van der Waals surface area contributed by atoms with E-state index in [0.717, 1.165) is 25.7 Å². The van der Waals surface area contributed by atoms with Gasteiger partial charge in [-0.3, -0.25) is 0 Å². The second kappa shape index (κ2) is 5.55. The van der Waals surface area contributed by atoms with Gasteiger partial charge in [0.05, 0.1) is 5.60 Å². The summed E-state index contributed by atoms with van der Waals surface area (Å²) in [6, 6.07) is 0.373. The smallest absolute Gasteiger partial charge is 0.0622 e. The fourth-order valence-electron chi connectivity index (χ4n) is 1.10. The molecule has 0 spiro atoms. The van der Waals surface area contributed by atoms with Crippen molar-refractivity contribution in [1.29, 1.82) is 0 Å². The van der Waals surface area contributed by atoms with E-state index in [1.807, 2.05) is 0 Å². The molecular weight excluding hydrogens is 150 g/mol. The zero-order valence-electron chi connectivity index (χ0n) is 8.89. The Kier molecular flexibility index (Phi) is 5.51. The van der Waals surface area contributed by atoms with E-state index in [0.29, 0.717) is 6.04 Å². The molecule has 0 heterocycles. The summed E-state index contributed by atoms with van der Waals surface area (Å²) in [6.07, 6.45) is 4.45. The average molecular weight is 173 g/mol. The fourth-order valence-corrected chi connectivity index (χ4v) is 1.10. The molecule has 2 heteroatoms. The van der Waals surface area contributed by atoms with Crippen LogP contribution in [-0.2, 0) is 4.74 Å². The highest BCUT2D eigenvalue weighted by atomic mass is 16.5. The first-order chi connectivity index (χ1) is 5.52. The molecule has 0 amide bonds. The van der Waals surface area contributed by atoms with Crippen LogP contribution in [0.15, 0.2) is 0 Å². The maximum absolute atomic E-state index is 5.80. The zero-order valence-corrected chi connectivity index (χ0v) is 8.89. The van der Waals surface area contributed by atoms with Crippen LogP contribution in [0, 0.1) is 0 Å². The Balaban J connectivity index is 3.42. The normalized spacial score (nSPS) is 14.8. The number of methoxy groups -OCH3 is 1. The van der Waals surface area contributed by atoms with E-state index in [2.05, 4.69) is 20.8 Å². The Hall–Kier alpha value is -0.0800. The minimum absolute atomic E-state index is 0.0213. The van der Waals surface area contributed by atoms with E-state index < -0.39 is 0 Å². The topological polar surface area (TPSA) is 35.2 Å². The molecule has 0 bridgehead atoms. The van der Waals surface area contributed by atoms with Gasteiger partial charge in [-0.15, -0.1) is 0 Å². The molecule has 0 aromatic carbocycles. The summed E-state index contributed by atoms with van der Waals surface area (Å²) in [5, 5.41) is 0. The quantitative estimate of drug-likeness (QED) is 0.669. The molecule has 0 radical (unpaired) electrons. The molecule has 0 aliphatic rings. The van der Waals surface area contributed by atoms with E-state index in [9.17, 15) is 0 Å². The van der Waals surface area contributed by atoms with Crippen LogP contribution in [-0.4, -0.2) is 18.8 Å². The molecule has 1 unspecified atom stereocenters. The third-order valence-corrected chi connectivity index (χ3v) is 2.43. The fraction of sp³-hybridized carbons (Fsp3) is 1.00. The number of hydrogen-bond acceptors (Lipinski definition) is 2. The lowest BCUT2D eigenvalue weighted by molar-refractivity contribution is 0.0132. The first kappa shape index (κ1) is 11.9. The molecule has 0 fully saturated rings. The van der Waals surface area contributed by atoms with Crippen LogP contribution in [0.5, 0.6) is 0 Å². The first-order valence-electron chi connectivity index (χ1n) is 4.82. The van der Waals surface area contributed by atoms with Crippen LogP contribution < -0.4 is 5.73 Å². The molecule has 0 saturated heterocycles. The number of ether oxygens (including phenoxy) is 1. The summed E-state index contributed by atoms with van der Waals surface area (Å²) >= 11 is 0. The monoisotopic (exact) mass is 173 g/mol. The minimum atomic E-state index is 0.0213. The molecule has 0 aromatic heterocycles. The first-order valence-corrected chi connectivity index (χ1v) is 4.82. The number of nitrogens with two attached hydrogens (primary N) is 1. The van der Waals surface area contributed by atoms with Gasteiger partial charge in [-0.05, 0) is 39.5 Å². The van der Waals surface area contributed by atoms with E-state index in [1.54, 1.807) is 7.11 Å². The molecule has 2 nitrogen and oxygen atoms in total. The second-order valence-electron chi connectivity index (χ2n) is 4.02. The van der Waals surface area contributed by atoms with E-state index in [1.165, 1.54) is 0 Å². The maximum Gasteiger partial charge on any atom is 0.0622 e. The summed E-state index contributed by atoms with van der Waals surface area (Å²) in [5.41, 5.74) is 5.82. The Labute approximate surface area is 76.5 Å². The molecule has 0 aliphatic carbocycles. The minimum Gasteiger partial charge on any atom is -0.379 e. The predicted octanol–water partition coefficient (Wildman–Crippen LogP) is 2.32. The van der Waals surface area contributed by atoms with Crippen molar-refractivity contribution in [1.82, 2.24) is 0 Å². The van der Waals surface area contributed by atoms with Crippen LogP contribution in [0.4, 0.5) is 0 Å². The van der Waals surface area contributed by atoms with Crippen LogP contribution in [0.3, 0.4) is 0 Å². The van der Waals surface area contributed by atoms with Gasteiger partial charge in [-0.25, -0.2) is 0 Å². The van der Waals surface area contributed by atoms with Crippen molar-refractivity contribution >= 4 is 0 Å². The van der Waals surface area contributed by atoms with Gasteiger partial charge >= 0.3 is 0 Å². The van der Waals surface area contributed by atoms with Crippen LogP contribution in [0.2, 0.25) is 0 Å². The Morgan fingerprint density at radius 3 is 2.42 bits per heavy atom. The predicted molar refractivity (Wildman–Crippen MR) is 53.2 cm³/mol. The average Bonchev–Trinajstić information content (AvgIpc) is 2.04. The van der Waals surface area contributed by atoms with Crippen LogP contribution in [0.1, 0.15) is 46.5 Å². The summed E-state index contributed by atoms with van der Waals surface area (Å²) in [5.74, 6) is 0. The number of hydrogen-bond donors (Lipinski definition) is 1. The van der Waals surface area contributed by atoms with Crippen LogP contribution in [0.25, 0.3) is 0 Å². The molecule has 12 heavy (non-hydrogen) atoms. The Morgan fingerprint density at radius 2 is 2.00 bits per heavy atom. The van der Waals surface area contributed by atoms with Crippen molar-refractivity contribution in [2.75, 3.05) is 7.11 Å². The van der Waals surface area contributed by atoms with Gasteiger partial charge < -0.3 is 10.5 Å². The van der Waals surface area contributed by atoms with Gasteiger partial charge in [-0.2, -0.15) is 0 Å². The maximum atomic E-state index is 5.80. The lowest BCUT2D eigenvalue weighted by Gasteiger charge is -2.23. The highest BCUT2D eigenvalue weighted by Gasteiger charge is 2.15. The van der Waals surface area contributed by atoms with Crippen molar-refractivity contribution in [2.24, 2.45) is 5.73 Å². The molecule has 74 valence electrons. The van der Waals surface area contributed by atoms with Crippen molar-refractivity contribution < 1.29 is 4.74 Å². The summed E-state index contributed by atoms with van der Waals surface area (Å²) in [7, 11) is 1.76. The lowest BCUT2D eigenvalue weighted by atomic mass is 9.98. The standard InChI is InChI=1S/C10H23NO/c1-5-9(11)7-6-8-10(2,3)12-4/h9H,5-8,11H2,1-4H3. The molecule has 0 aromatic rings. The summed E-state index contributed by atoms with van der Waals surface area (Å²) in [6.45, 7) is 6.36. The summed E-state index contributed by atoms with van der Waals surface area (Å²) < 4.78 is 5.31. The Morgan fingerprint density at radius 1 is 1.42 bits per heavy atom. The van der Waals surface area contributed by atoms with Gasteiger partial charge in [-0.1, -0.05) is 6.92 Å². The Bertz CT molecular complexity index is 112. The van der Waals surface area contributed by atoms with E-state index >= 15 is 0 Å². The zero-order chi connectivity index (χ0) is 9.61. The van der Waals surface area contributed by atoms with E-state index in [4.69, 9.17) is 10.5 Å². The van der Waals surface area contributed by atoms with E-state index in [-0.39, 0.29) is 5.60 Å². The lowest BCUT2D eigenvalue weighted by Crippen LogP contribution is -2.24.